The molecule has 0 radical (unpaired) electrons. The first-order valence-electron chi connectivity index (χ1n) is 10.3. The number of rotatable bonds is 4. The van der Waals surface area contributed by atoms with Crippen LogP contribution in [-0.4, -0.2) is 75.8 Å². The Morgan fingerprint density at radius 3 is 2.48 bits per heavy atom. The van der Waals surface area contributed by atoms with Crippen molar-refractivity contribution >= 4 is 11.8 Å². The lowest BCUT2D eigenvalue weighted by molar-refractivity contribution is -0.138. The molecule has 2 aromatic rings. The lowest BCUT2D eigenvalue weighted by atomic mass is 9.96. The number of amides is 2. The van der Waals surface area contributed by atoms with Gasteiger partial charge in [-0.3, -0.25) is 19.5 Å². The van der Waals surface area contributed by atoms with E-state index < -0.39 is 0 Å². The summed E-state index contributed by atoms with van der Waals surface area (Å²) >= 11 is 0. The Bertz CT molecular complexity index is 822. The number of likely N-dealkylation sites (tertiary alicyclic amines) is 1. The Labute approximate surface area is 171 Å². The lowest BCUT2D eigenvalue weighted by Gasteiger charge is -2.39. The molecule has 2 amide bonds. The monoisotopic (exact) mass is 393 g/mol. The highest BCUT2D eigenvalue weighted by atomic mass is 16.2. The van der Waals surface area contributed by atoms with Crippen LogP contribution in [0.25, 0.3) is 0 Å². The summed E-state index contributed by atoms with van der Waals surface area (Å²) in [7, 11) is 0. The van der Waals surface area contributed by atoms with E-state index in [2.05, 4.69) is 39.1 Å². The third-order valence-electron chi connectivity index (χ3n) is 5.77. The smallest absolute Gasteiger partial charge is 0.274 e. The first kappa shape index (κ1) is 19.5. The molecule has 1 unspecified atom stereocenters. The molecule has 0 bridgehead atoms. The first-order valence-corrected chi connectivity index (χ1v) is 10.3. The average molecular weight is 393 g/mol. The van der Waals surface area contributed by atoms with Crippen LogP contribution in [-0.2, 0) is 11.3 Å². The Hall–Kier alpha value is -2.80. The van der Waals surface area contributed by atoms with Gasteiger partial charge in [0.2, 0.25) is 5.91 Å². The van der Waals surface area contributed by atoms with Crippen molar-refractivity contribution in [1.29, 1.82) is 0 Å². The van der Waals surface area contributed by atoms with E-state index in [1.165, 1.54) is 18.0 Å². The Kier molecular flexibility index (Phi) is 6.14. The number of benzene rings is 1. The van der Waals surface area contributed by atoms with Crippen LogP contribution in [0.4, 0.5) is 0 Å². The normalized spacial score (nSPS) is 20.5. The summed E-state index contributed by atoms with van der Waals surface area (Å²) in [5.74, 6) is -0.0747. The first-order chi connectivity index (χ1) is 14.2. The molecule has 0 spiro atoms. The lowest BCUT2D eigenvalue weighted by Crippen LogP contribution is -2.52. The molecule has 0 N–H and O–H groups in total. The van der Waals surface area contributed by atoms with Gasteiger partial charge in [0.15, 0.2) is 0 Å². The minimum Gasteiger partial charge on any atom is -0.340 e. The fourth-order valence-corrected chi connectivity index (χ4v) is 4.16. The van der Waals surface area contributed by atoms with Crippen LogP contribution in [0.5, 0.6) is 0 Å². The predicted octanol–water partition coefficient (Wildman–Crippen LogP) is 1.67. The zero-order valence-corrected chi connectivity index (χ0v) is 16.6. The molecular weight excluding hydrogens is 366 g/mol. The number of aromatic nitrogens is 2. The second kappa shape index (κ2) is 9.13. The quantitative estimate of drug-likeness (QED) is 0.790. The number of nitrogens with zero attached hydrogens (tertiary/aromatic N) is 5. The van der Waals surface area contributed by atoms with Crippen LogP contribution in [0.1, 0.15) is 28.9 Å². The maximum absolute atomic E-state index is 13.1. The van der Waals surface area contributed by atoms with Gasteiger partial charge in [-0.25, -0.2) is 4.98 Å². The molecule has 152 valence electrons. The van der Waals surface area contributed by atoms with Crippen LogP contribution >= 0.6 is 0 Å². The van der Waals surface area contributed by atoms with Gasteiger partial charge in [0, 0.05) is 58.2 Å². The van der Waals surface area contributed by atoms with Crippen LogP contribution < -0.4 is 0 Å². The Morgan fingerprint density at radius 1 is 0.966 bits per heavy atom. The third-order valence-corrected chi connectivity index (χ3v) is 5.77. The molecule has 2 aliphatic rings. The number of hydrogen-bond acceptors (Lipinski definition) is 5. The van der Waals surface area contributed by atoms with Gasteiger partial charge < -0.3 is 9.80 Å². The van der Waals surface area contributed by atoms with Crippen molar-refractivity contribution in [2.75, 3.05) is 39.3 Å². The van der Waals surface area contributed by atoms with Crippen LogP contribution in [0.3, 0.4) is 0 Å². The van der Waals surface area contributed by atoms with E-state index in [0.29, 0.717) is 18.8 Å². The van der Waals surface area contributed by atoms with Gasteiger partial charge in [-0.2, -0.15) is 0 Å². The highest BCUT2D eigenvalue weighted by Gasteiger charge is 2.33. The molecule has 1 atom stereocenters. The fourth-order valence-electron chi connectivity index (χ4n) is 4.16. The zero-order chi connectivity index (χ0) is 20.1. The van der Waals surface area contributed by atoms with E-state index in [1.807, 2.05) is 11.0 Å². The maximum Gasteiger partial charge on any atom is 0.274 e. The predicted molar refractivity (Wildman–Crippen MR) is 109 cm³/mol. The fraction of sp³-hybridized carbons (Fsp3) is 0.455. The molecular formula is C22H27N5O2. The molecule has 0 aliphatic carbocycles. The topological polar surface area (TPSA) is 69.6 Å². The Morgan fingerprint density at radius 2 is 1.76 bits per heavy atom. The molecule has 1 aromatic heterocycles. The van der Waals surface area contributed by atoms with Gasteiger partial charge in [0.05, 0.1) is 12.1 Å². The molecule has 0 saturated carbocycles. The molecule has 7 nitrogen and oxygen atoms in total. The van der Waals surface area contributed by atoms with Crippen molar-refractivity contribution in [3.8, 4) is 0 Å². The van der Waals surface area contributed by atoms with Crippen LogP contribution in [0.2, 0.25) is 0 Å². The minimum atomic E-state index is -0.136. The second-order valence-electron chi connectivity index (χ2n) is 7.77. The molecule has 1 aromatic carbocycles. The summed E-state index contributed by atoms with van der Waals surface area (Å²) in [5.41, 5.74) is 1.65. The van der Waals surface area contributed by atoms with Gasteiger partial charge in [0.1, 0.15) is 5.69 Å². The van der Waals surface area contributed by atoms with Gasteiger partial charge in [-0.1, -0.05) is 30.3 Å². The van der Waals surface area contributed by atoms with Gasteiger partial charge >= 0.3 is 0 Å². The SMILES string of the molecule is O=C(c1cnccn1)N1CCCC(C(=O)N2CCN(Cc3ccccc3)CC2)C1. The zero-order valence-electron chi connectivity index (χ0n) is 16.6. The van der Waals surface area contributed by atoms with Crippen molar-refractivity contribution in [2.24, 2.45) is 5.92 Å². The summed E-state index contributed by atoms with van der Waals surface area (Å²) in [4.78, 5) is 39.9. The highest BCUT2D eigenvalue weighted by Crippen LogP contribution is 2.21. The van der Waals surface area contributed by atoms with Gasteiger partial charge in [-0.05, 0) is 18.4 Å². The van der Waals surface area contributed by atoms with Crippen molar-refractivity contribution < 1.29 is 9.59 Å². The van der Waals surface area contributed by atoms with E-state index in [4.69, 9.17) is 0 Å². The molecule has 4 rings (SSSR count). The molecule has 29 heavy (non-hydrogen) atoms. The molecule has 3 heterocycles. The van der Waals surface area contributed by atoms with E-state index in [1.54, 1.807) is 11.1 Å². The number of piperidine rings is 1. The minimum absolute atomic E-state index is 0.120. The van der Waals surface area contributed by atoms with E-state index in [-0.39, 0.29) is 17.7 Å². The van der Waals surface area contributed by atoms with Gasteiger partial charge in [0.25, 0.3) is 5.91 Å². The highest BCUT2D eigenvalue weighted by molar-refractivity contribution is 5.92. The summed E-state index contributed by atoms with van der Waals surface area (Å²) < 4.78 is 0. The average Bonchev–Trinajstić information content (AvgIpc) is 2.80. The van der Waals surface area contributed by atoms with Crippen LogP contribution in [0.15, 0.2) is 48.9 Å². The van der Waals surface area contributed by atoms with Crippen molar-refractivity contribution in [3.05, 3.63) is 60.2 Å². The summed E-state index contributed by atoms with van der Waals surface area (Å²) in [6.45, 7) is 5.33. The molecule has 2 fully saturated rings. The number of carbonyl (C=O) groups excluding carboxylic acids is 2. The third kappa shape index (κ3) is 4.79. The van der Waals surface area contributed by atoms with Crippen molar-refractivity contribution in [2.45, 2.75) is 19.4 Å². The van der Waals surface area contributed by atoms with Crippen LogP contribution in [0, 0.1) is 5.92 Å². The van der Waals surface area contributed by atoms with Gasteiger partial charge in [-0.15, -0.1) is 0 Å². The van der Waals surface area contributed by atoms with Crippen molar-refractivity contribution in [3.63, 3.8) is 0 Å². The number of carbonyl (C=O) groups is 2. The van der Waals surface area contributed by atoms with E-state index in [0.717, 1.165) is 45.6 Å². The van der Waals surface area contributed by atoms with Crippen molar-refractivity contribution in [1.82, 2.24) is 24.7 Å². The second-order valence-corrected chi connectivity index (χ2v) is 7.77. The molecule has 7 heteroatoms. The maximum atomic E-state index is 13.1. The Balaban J connectivity index is 1.30. The molecule has 2 aliphatic heterocycles. The molecule has 2 saturated heterocycles. The number of hydrogen-bond donors (Lipinski definition) is 0. The summed E-state index contributed by atoms with van der Waals surface area (Å²) in [6, 6.07) is 10.4. The number of piperazine rings is 1. The van der Waals surface area contributed by atoms with E-state index in [9.17, 15) is 9.59 Å². The standard InChI is InChI=1S/C22H27N5O2/c28-21(26-13-11-25(12-14-26)16-18-5-2-1-3-6-18)19-7-4-10-27(17-19)22(29)20-15-23-8-9-24-20/h1-3,5-6,8-9,15,19H,4,7,10-14,16-17H2. The van der Waals surface area contributed by atoms with E-state index >= 15 is 0 Å². The largest absolute Gasteiger partial charge is 0.340 e. The summed E-state index contributed by atoms with van der Waals surface area (Å²) in [6.07, 6.45) is 6.24. The summed E-state index contributed by atoms with van der Waals surface area (Å²) in [5, 5.41) is 0.